The Balaban J connectivity index is 1.98. The first kappa shape index (κ1) is 12.2. The predicted molar refractivity (Wildman–Crippen MR) is 68.6 cm³/mol. The second kappa shape index (κ2) is 4.96. The third kappa shape index (κ3) is 2.54. The predicted octanol–water partition coefficient (Wildman–Crippen LogP) is 1.19. The van der Waals surface area contributed by atoms with Crippen molar-refractivity contribution in [1.82, 2.24) is 10.2 Å². The molecule has 4 unspecified atom stereocenters. The molecule has 2 rings (SSSR count). The van der Waals surface area contributed by atoms with Crippen molar-refractivity contribution in [3.8, 4) is 0 Å². The Morgan fingerprint density at radius 3 is 2.31 bits per heavy atom. The molecule has 2 heterocycles. The van der Waals surface area contributed by atoms with Gasteiger partial charge in [-0.05, 0) is 12.5 Å². The molecular formula is C12H22N2OS. The number of hydrogen-bond acceptors (Lipinski definition) is 3. The van der Waals surface area contributed by atoms with E-state index in [1.54, 1.807) is 0 Å². The van der Waals surface area contributed by atoms with E-state index < -0.39 is 0 Å². The summed E-state index contributed by atoms with van der Waals surface area (Å²) in [6.07, 6.45) is 0. The van der Waals surface area contributed by atoms with Gasteiger partial charge in [0.2, 0.25) is 5.91 Å². The van der Waals surface area contributed by atoms with Gasteiger partial charge >= 0.3 is 0 Å². The standard InChI is InChI=1S/C12H22N2OS/c1-8-4-13-5-11(8)12(15)14-6-9(2)16-10(3)7-14/h8-11,13H,4-7H2,1-3H3. The minimum absolute atomic E-state index is 0.211. The lowest BCUT2D eigenvalue weighted by Gasteiger charge is -2.36. The Bertz CT molecular complexity index is 262. The smallest absolute Gasteiger partial charge is 0.227 e. The molecule has 2 saturated heterocycles. The van der Waals surface area contributed by atoms with E-state index in [1.165, 1.54) is 0 Å². The molecule has 0 bridgehead atoms. The zero-order chi connectivity index (χ0) is 11.7. The van der Waals surface area contributed by atoms with Crippen molar-refractivity contribution in [2.75, 3.05) is 26.2 Å². The Morgan fingerprint density at radius 2 is 1.81 bits per heavy atom. The summed E-state index contributed by atoms with van der Waals surface area (Å²) in [5, 5.41) is 4.47. The van der Waals surface area contributed by atoms with E-state index in [2.05, 4.69) is 31.0 Å². The van der Waals surface area contributed by atoms with Gasteiger partial charge in [-0.25, -0.2) is 0 Å². The highest BCUT2D eigenvalue weighted by Gasteiger charge is 2.35. The zero-order valence-corrected chi connectivity index (χ0v) is 11.2. The molecule has 0 saturated carbocycles. The normalized spacial score (nSPS) is 40.1. The number of amides is 1. The van der Waals surface area contributed by atoms with Crippen molar-refractivity contribution < 1.29 is 4.79 Å². The van der Waals surface area contributed by atoms with E-state index in [9.17, 15) is 4.79 Å². The van der Waals surface area contributed by atoms with Gasteiger partial charge in [0.1, 0.15) is 0 Å². The minimum atomic E-state index is 0.211. The number of rotatable bonds is 1. The highest BCUT2D eigenvalue weighted by Crippen LogP contribution is 2.27. The van der Waals surface area contributed by atoms with Crippen LogP contribution in [-0.4, -0.2) is 47.5 Å². The minimum Gasteiger partial charge on any atom is -0.340 e. The summed E-state index contributed by atoms with van der Waals surface area (Å²) in [7, 11) is 0. The molecule has 0 aromatic rings. The zero-order valence-electron chi connectivity index (χ0n) is 10.4. The van der Waals surface area contributed by atoms with Gasteiger partial charge in [-0.15, -0.1) is 0 Å². The average molecular weight is 242 g/mol. The molecule has 2 aliphatic rings. The van der Waals surface area contributed by atoms with Gasteiger partial charge in [0.25, 0.3) is 0 Å². The van der Waals surface area contributed by atoms with Gasteiger partial charge in [-0.2, -0.15) is 11.8 Å². The molecule has 0 aliphatic carbocycles. The van der Waals surface area contributed by atoms with Crippen LogP contribution in [0, 0.1) is 11.8 Å². The molecule has 16 heavy (non-hydrogen) atoms. The van der Waals surface area contributed by atoms with Crippen molar-refractivity contribution >= 4 is 17.7 Å². The third-order valence-corrected chi connectivity index (χ3v) is 4.79. The van der Waals surface area contributed by atoms with Crippen LogP contribution in [0.5, 0.6) is 0 Å². The summed E-state index contributed by atoms with van der Waals surface area (Å²) in [5.74, 6) is 1.08. The lowest BCUT2D eigenvalue weighted by Crippen LogP contribution is -2.47. The third-order valence-electron chi connectivity index (χ3n) is 3.57. The molecule has 4 atom stereocenters. The number of carbonyl (C=O) groups is 1. The number of thioether (sulfide) groups is 1. The molecule has 0 aromatic heterocycles. The largest absolute Gasteiger partial charge is 0.340 e. The number of carbonyl (C=O) groups excluding carboxylic acids is 1. The van der Waals surface area contributed by atoms with Gasteiger partial charge in [-0.3, -0.25) is 4.79 Å². The molecule has 92 valence electrons. The molecule has 0 aromatic carbocycles. The molecule has 0 spiro atoms. The molecule has 0 radical (unpaired) electrons. The highest BCUT2D eigenvalue weighted by atomic mass is 32.2. The quantitative estimate of drug-likeness (QED) is 0.750. The van der Waals surface area contributed by atoms with Crippen LogP contribution in [0.3, 0.4) is 0 Å². The van der Waals surface area contributed by atoms with Gasteiger partial charge in [0.15, 0.2) is 0 Å². The van der Waals surface area contributed by atoms with Crippen LogP contribution in [0.1, 0.15) is 20.8 Å². The van der Waals surface area contributed by atoms with Crippen LogP contribution in [-0.2, 0) is 4.79 Å². The van der Waals surface area contributed by atoms with Gasteiger partial charge in [-0.1, -0.05) is 20.8 Å². The Morgan fingerprint density at radius 1 is 1.19 bits per heavy atom. The van der Waals surface area contributed by atoms with Gasteiger partial charge < -0.3 is 10.2 Å². The lowest BCUT2D eigenvalue weighted by atomic mass is 9.96. The number of hydrogen-bond donors (Lipinski definition) is 1. The molecule has 2 aliphatic heterocycles. The maximum Gasteiger partial charge on any atom is 0.227 e. The summed E-state index contributed by atoms with van der Waals surface area (Å²) in [4.78, 5) is 14.5. The number of nitrogens with one attached hydrogen (secondary N) is 1. The fourth-order valence-corrected chi connectivity index (χ4v) is 4.06. The van der Waals surface area contributed by atoms with Crippen molar-refractivity contribution in [3.63, 3.8) is 0 Å². The van der Waals surface area contributed by atoms with Crippen molar-refractivity contribution in [2.24, 2.45) is 11.8 Å². The summed E-state index contributed by atoms with van der Waals surface area (Å²) >= 11 is 2.00. The van der Waals surface area contributed by atoms with Crippen LogP contribution in [0.4, 0.5) is 0 Å². The Kier molecular flexibility index (Phi) is 3.80. The van der Waals surface area contributed by atoms with Gasteiger partial charge in [0, 0.05) is 30.1 Å². The Labute approximate surface area is 102 Å². The van der Waals surface area contributed by atoms with Crippen molar-refractivity contribution in [1.29, 1.82) is 0 Å². The van der Waals surface area contributed by atoms with E-state index in [1.807, 2.05) is 11.8 Å². The van der Waals surface area contributed by atoms with Crippen molar-refractivity contribution in [3.05, 3.63) is 0 Å². The van der Waals surface area contributed by atoms with Gasteiger partial charge in [0.05, 0.1) is 5.92 Å². The van der Waals surface area contributed by atoms with Crippen LogP contribution >= 0.6 is 11.8 Å². The lowest BCUT2D eigenvalue weighted by molar-refractivity contribution is -0.136. The molecule has 3 nitrogen and oxygen atoms in total. The fourth-order valence-electron chi connectivity index (χ4n) is 2.73. The summed E-state index contributed by atoms with van der Waals surface area (Å²) in [6, 6.07) is 0. The summed E-state index contributed by atoms with van der Waals surface area (Å²) in [5.41, 5.74) is 0. The maximum absolute atomic E-state index is 12.4. The fraction of sp³-hybridized carbons (Fsp3) is 0.917. The topological polar surface area (TPSA) is 32.3 Å². The molecular weight excluding hydrogens is 220 g/mol. The molecule has 4 heteroatoms. The van der Waals surface area contributed by atoms with E-state index in [0.29, 0.717) is 22.3 Å². The second-order valence-corrected chi connectivity index (χ2v) is 7.12. The van der Waals surface area contributed by atoms with E-state index in [4.69, 9.17) is 0 Å². The van der Waals surface area contributed by atoms with Crippen LogP contribution in [0.2, 0.25) is 0 Å². The first-order valence-corrected chi connectivity index (χ1v) is 7.17. The average Bonchev–Trinajstić information content (AvgIpc) is 2.62. The monoisotopic (exact) mass is 242 g/mol. The van der Waals surface area contributed by atoms with E-state index in [0.717, 1.165) is 26.2 Å². The Hall–Kier alpha value is -0.220. The van der Waals surface area contributed by atoms with Crippen LogP contribution in [0.25, 0.3) is 0 Å². The molecule has 1 amide bonds. The van der Waals surface area contributed by atoms with E-state index >= 15 is 0 Å². The first-order chi connectivity index (χ1) is 7.58. The SMILES string of the molecule is CC1CN(C(=O)C2CNCC2C)CC(C)S1. The maximum atomic E-state index is 12.4. The second-order valence-electron chi connectivity index (χ2n) is 5.24. The van der Waals surface area contributed by atoms with Crippen LogP contribution < -0.4 is 5.32 Å². The number of nitrogens with zero attached hydrogens (tertiary/aromatic N) is 1. The summed E-state index contributed by atoms with van der Waals surface area (Å²) < 4.78 is 0. The molecule has 1 N–H and O–H groups in total. The van der Waals surface area contributed by atoms with Crippen molar-refractivity contribution in [2.45, 2.75) is 31.3 Å². The van der Waals surface area contributed by atoms with Crippen LogP contribution in [0.15, 0.2) is 0 Å². The van der Waals surface area contributed by atoms with E-state index in [-0.39, 0.29) is 5.92 Å². The molecule has 2 fully saturated rings. The summed E-state index contributed by atoms with van der Waals surface area (Å²) in [6.45, 7) is 10.3. The highest BCUT2D eigenvalue weighted by molar-refractivity contribution is 8.00. The first-order valence-electron chi connectivity index (χ1n) is 6.23.